The predicted octanol–water partition coefficient (Wildman–Crippen LogP) is 4.36. The molecule has 1 heterocycles. The van der Waals surface area contributed by atoms with Crippen LogP contribution in [-0.4, -0.2) is 32.0 Å². The molecule has 0 atom stereocenters. The normalized spacial score (nSPS) is 14.4. The van der Waals surface area contributed by atoms with Crippen molar-refractivity contribution < 1.29 is 14.3 Å². The summed E-state index contributed by atoms with van der Waals surface area (Å²) in [7, 11) is 1.35. The van der Waals surface area contributed by atoms with E-state index in [0.29, 0.717) is 11.1 Å². The molecule has 0 saturated carbocycles. The summed E-state index contributed by atoms with van der Waals surface area (Å²) in [5, 5.41) is 0. The van der Waals surface area contributed by atoms with Gasteiger partial charge in [0.15, 0.2) is 5.78 Å². The summed E-state index contributed by atoms with van der Waals surface area (Å²) >= 11 is 0. The third-order valence-electron chi connectivity index (χ3n) is 4.63. The van der Waals surface area contributed by atoms with Crippen LogP contribution in [0.1, 0.15) is 45.5 Å². The quantitative estimate of drug-likeness (QED) is 0.457. The van der Waals surface area contributed by atoms with Crippen molar-refractivity contribution in [3.8, 4) is 0 Å². The lowest BCUT2D eigenvalue weighted by molar-refractivity contribution is 0.0600. The number of nitrogens with zero attached hydrogens (tertiary/aromatic N) is 1. The standard InChI is InChI=1S/C22H23NO3/c1-26-22(25)19-8-5-17(6-9-19)7-14-21(24)18-10-12-20(13-11-18)23-15-3-2-4-16-23/h5-14H,2-4,15-16H2,1H3. The number of carbonyl (C=O) groups is 2. The molecule has 0 radical (unpaired) electrons. The molecule has 2 aromatic rings. The van der Waals surface area contributed by atoms with E-state index >= 15 is 0 Å². The molecule has 0 N–H and O–H groups in total. The Morgan fingerprint density at radius 3 is 2.12 bits per heavy atom. The van der Waals surface area contributed by atoms with Crippen molar-refractivity contribution in [1.29, 1.82) is 0 Å². The number of allylic oxidation sites excluding steroid dienone is 1. The van der Waals surface area contributed by atoms with Crippen molar-refractivity contribution in [3.63, 3.8) is 0 Å². The fraction of sp³-hybridized carbons (Fsp3) is 0.273. The van der Waals surface area contributed by atoms with Gasteiger partial charge in [-0.1, -0.05) is 18.2 Å². The van der Waals surface area contributed by atoms with Crippen molar-refractivity contribution in [1.82, 2.24) is 0 Å². The number of hydrogen-bond acceptors (Lipinski definition) is 4. The molecule has 1 fully saturated rings. The molecular weight excluding hydrogens is 326 g/mol. The van der Waals surface area contributed by atoms with Crippen molar-refractivity contribution >= 4 is 23.5 Å². The van der Waals surface area contributed by atoms with Gasteiger partial charge in [0.1, 0.15) is 0 Å². The van der Waals surface area contributed by atoms with Crippen molar-refractivity contribution in [3.05, 3.63) is 71.3 Å². The number of esters is 1. The first-order chi connectivity index (χ1) is 12.7. The van der Waals surface area contributed by atoms with Gasteiger partial charge >= 0.3 is 5.97 Å². The zero-order valence-electron chi connectivity index (χ0n) is 15.0. The highest BCUT2D eigenvalue weighted by Gasteiger charge is 2.11. The van der Waals surface area contributed by atoms with Gasteiger partial charge in [0.05, 0.1) is 12.7 Å². The van der Waals surface area contributed by atoms with Crippen molar-refractivity contribution in [2.45, 2.75) is 19.3 Å². The van der Waals surface area contributed by atoms with E-state index < -0.39 is 0 Å². The number of piperidine rings is 1. The number of anilines is 1. The zero-order valence-corrected chi connectivity index (χ0v) is 15.0. The van der Waals surface area contributed by atoms with Gasteiger partial charge in [-0.2, -0.15) is 0 Å². The van der Waals surface area contributed by atoms with Gasteiger partial charge in [0.25, 0.3) is 0 Å². The smallest absolute Gasteiger partial charge is 0.337 e. The highest BCUT2D eigenvalue weighted by atomic mass is 16.5. The van der Waals surface area contributed by atoms with Gasteiger partial charge in [0.2, 0.25) is 0 Å². The average molecular weight is 349 g/mol. The lowest BCUT2D eigenvalue weighted by Gasteiger charge is -2.28. The van der Waals surface area contributed by atoms with Gasteiger partial charge in [-0.25, -0.2) is 4.79 Å². The summed E-state index contributed by atoms with van der Waals surface area (Å²) in [6, 6.07) is 14.8. The number of rotatable bonds is 5. The molecule has 4 nitrogen and oxygen atoms in total. The minimum atomic E-state index is -0.370. The van der Waals surface area contributed by atoms with Crippen LogP contribution < -0.4 is 4.90 Å². The summed E-state index contributed by atoms with van der Waals surface area (Å²) in [5.74, 6) is -0.405. The summed E-state index contributed by atoms with van der Waals surface area (Å²) in [6.07, 6.45) is 7.08. The summed E-state index contributed by atoms with van der Waals surface area (Å²) in [4.78, 5) is 26.1. The van der Waals surface area contributed by atoms with Gasteiger partial charge in [0, 0.05) is 24.3 Å². The molecular formula is C22H23NO3. The minimum absolute atomic E-state index is 0.0350. The lowest BCUT2D eigenvalue weighted by atomic mass is 10.1. The third kappa shape index (κ3) is 4.39. The molecule has 1 saturated heterocycles. The number of ketones is 1. The SMILES string of the molecule is COC(=O)c1ccc(C=CC(=O)c2ccc(N3CCCCC3)cc2)cc1. The van der Waals surface area contributed by atoms with Crippen LogP contribution in [0.2, 0.25) is 0 Å². The molecule has 0 spiro atoms. The Morgan fingerprint density at radius 2 is 1.50 bits per heavy atom. The van der Waals surface area contributed by atoms with Crippen LogP contribution in [0.4, 0.5) is 5.69 Å². The van der Waals surface area contributed by atoms with E-state index in [1.807, 2.05) is 24.3 Å². The molecule has 3 rings (SSSR count). The largest absolute Gasteiger partial charge is 0.465 e. The second-order valence-electron chi connectivity index (χ2n) is 6.41. The summed E-state index contributed by atoms with van der Waals surface area (Å²) in [6.45, 7) is 2.18. The van der Waals surface area contributed by atoms with E-state index in [0.717, 1.165) is 18.7 Å². The van der Waals surface area contributed by atoms with E-state index in [-0.39, 0.29) is 11.8 Å². The first kappa shape index (κ1) is 17.9. The fourth-order valence-corrected chi connectivity index (χ4v) is 3.10. The van der Waals surface area contributed by atoms with Gasteiger partial charge in [-0.05, 0) is 67.3 Å². The van der Waals surface area contributed by atoms with E-state index in [1.54, 1.807) is 36.4 Å². The Hall–Kier alpha value is -2.88. The average Bonchev–Trinajstić information content (AvgIpc) is 2.72. The molecule has 1 aliphatic heterocycles. The summed E-state index contributed by atoms with van der Waals surface area (Å²) < 4.78 is 4.67. The lowest BCUT2D eigenvalue weighted by Crippen LogP contribution is -2.29. The Morgan fingerprint density at radius 1 is 0.885 bits per heavy atom. The number of hydrogen-bond donors (Lipinski definition) is 0. The van der Waals surface area contributed by atoms with Crippen LogP contribution in [0.3, 0.4) is 0 Å². The second-order valence-corrected chi connectivity index (χ2v) is 6.41. The summed E-state index contributed by atoms with van der Waals surface area (Å²) in [5.41, 5.74) is 3.21. The molecule has 26 heavy (non-hydrogen) atoms. The topological polar surface area (TPSA) is 46.6 Å². The Labute approximate surface area is 154 Å². The zero-order chi connectivity index (χ0) is 18.4. The first-order valence-electron chi connectivity index (χ1n) is 8.93. The van der Waals surface area contributed by atoms with Crippen LogP contribution in [-0.2, 0) is 4.74 Å². The highest BCUT2D eigenvalue weighted by Crippen LogP contribution is 2.20. The van der Waals surface area contributed by atoms with Gasteiger partial charge < -0.3 is 9.64 Å². The molecule has 134 valence electrons. The van der Waals surface area contributed by atoms with Gasteiger partial charge in [-0.3, -0.25) is 4.79 Å². The van der Waals surface area contributed by atoms with E-state index in [2.05, 4.69) is 9.64 Å². The maximum atomic E-state index is 12.4. The van der Waals surface area contributed by atoms with Crippen LogP contribution in [0.5, 0.6) is 0 Å². The fourth-order valence-electron chi connectivity index (χ4n) is 3.10. The van der Waals surface area contributed by atoms with Gasteiger partial charge in [-0.15, -0.1) is 0 Å². The molecule has 0 bridgehead atoms. The molecule has 0 aromatic heterocycles. The Kier molecular flexibility index (Phi) is 5.84. The second kappa shape index (κ2) is 8.48. The van der Waals surface area contributed by atoms with Crippen LogP contribution in [0.25, 0.3) is 6.08 Å². The minimum Gasteiger partial charge on any atom is -0.465 e. The molecule has 1 aliphatic rings. The third-order valence-corrected chi connectivity index (χ3v) is 4.63. The van der Waals surface area contributed by atoms with Crippen LogP contribution >= 0.6 is 0 Å². The number of benzene rings is 2. The van der Waals surface area contributed by atoms with Crippen LogP contribution in [0, 0.1) is 0 Å². The maximum Gasteiger partial charge on any atom is 0.337 e. The number of methoxy groups -OCH3 is 1. The van der Waals surface area contributed by atoms with Crippen molar-refractivity contribution in [2.24, 2.45) is 0 Å². The van der Waals surface area contributed by atoms with E-state index in [9.17, 15) is 9.59 Å². The monoisotopic (exact) mass is 349 g/mol. The molecule has 2 aromatic carbocycles. The molecule has 0 amide bonds. The van der Waals surface area contributed by atoms with Crippen LogP contribution in [0.15, 0.2) is 54.6 Å². The Bertz CT molecular complexity index is 785. The predicted molar refractivity (Wildman–Crippen MR) is 104 cm³/mol. The number of ether oxygens (including phenoxy) is 1. The maximum absolute atomic E-state index is 12.4. The number of carbonyl (C=O) groups excluding carboxylic acids is 2. The van der Waals surface area contributed by atoms with Crippen molar-refractivity contribution in [2.75, 3.05) is 25.1 Å². The van der Waals surface area contributed by atoms with E-state index in [1.165, 1.54) is 32.1 Å². The molecule has 0 unspecified atom stereocenters. The Balaban J connectivity index is 1.63. The molecule has 0 aliphatic carbocycles. The highest BCUT2D eigenvalue weighted by molar-refractivity contribution is 6.07. The first-order valence-corrected chi connectivity index (χ1v) is 8.93. The molecule has 4 heteroatoms. The van der Waals surface area contributed by atoms with E-state index in [4.69, 9.17) is 0 Å².